The fraction of sp³-hybridized carbons (Fsp3) is 0.0968. The lowest BCUT2D eigenvalue weighted by Crippen LogP contribution is -2.37. The van der Waals surface area contributed by atoms with Gasteiger partial charge < -0.3 is 0 Å². The summed E-state index contributed by atoms with van der Waals surface area (Å²) in [4.78, 5) is 0. The quantitative estimate of drug-likeness (QED) is 0.256. The van der Waals surface area contributed by atoms with Gasteiger partial charge in [-0.1, -0.05) is 91.0 Å². The molecule has 4 aromatic rings. The van der Waals surface area contributed by atoms with Gasteiger partial charge >= 0.3 is 0 Å². The highest BCUT2D eigenvalue weighted by molar-refractivity contribution is 5.79. The SMILES string of the molecule is Fc1ccc(C(c2ccc(F)cc2)(c2cccc3c2Cc2ccccc2-3)C2C=CC=C2)cc1. The van der Waals surface area contributed by atoms with E-state index in [2.05, 4.69) is 66.8 Å². The van der Waals surface area contributed by atoms with Crippen molar-refractivity contribution in [2.24, 2.45) is 5.92 Å². The van der Waals surface area contributed by atoms with E-state index in [1.807, 2.05) is 24.3 Å². The Morgan fingerprint density at radius 3 is 1.82 bits per heavy atom. The zero-order chi connectivity index (χ0) is 22.4. The third kappa shape index (κ3) is 3.01. The number of hydrogen-bond donors (Lipinski definition) is 0. The first-order valence-corrected chi connectivity index (χ1v) is 11.3. The lowest BCUT2D eigenvalue weighted by atomic mass is 9.60. The maximum absolute atomic E-state index is 14.0. The predicted octanol–water partition coefficient (Wildman–Crippen LogP) is 7.61. The predicted molar refractivity (Wildman–Crippen MR) is 129 cm³/mol. The van der Waals surface area contributed by atoms with Gasteiger partial charge in [-0.05, 0) is 69.6 Å². The summed E-state index contributed by atoms with van der Waals surface area (Å²) in [7, 11) is 0. The molecule has 2 heteroatoms. The molecule has 0 bridgehead atoms. The summed E-state index contributed by atoms with van der Waals surface area (Å²) in [6.07, 6.45) is 9.34. The minimum absolute atomic E-state index is 0.00337. The minimum Gasteiger partial charge on any atom is -0.207 e. The van der Waals surface area contributed by atoms with Crippen molar-refractivity contribution in [3.8, 4) is 11.1 Å². The van der Waals surface area contributed by atoms with Crippen LogP contribution in [0.5, 0.6) is 0 Å². The number of halogens is 2. The largest absolute Gasteiger partial charge is 0.207 e. The summed E-state index contributed by atoms with van der Waals surface area (Å²) in [6.45, 7) is 0. The summed E-state index contributed by atoms with van der Waals surface area (Å²) in [5, 5.41) is 0. The Balaban J connectivity index is 1.70. The molecule has 0 N–H and O–H groups in total. The van der Waals surface area contributed by atoms with Crippen LogP contribution in [0.4, 0.5) is 8.78 Å². The van der Waals surface area contributed by atoms with Crippen LogP contribution in [0.15, 0.2) is 115 Å². The molecule has 0 atom stereocenters. The Labute approximate surface area is 192 Å². The van der Waals surface area contributed by atoms with Gasteiger partial charge in [0.05, 0.1) is 5.41 Å². The highest BCUT2D eigenvalue weighted by Crippen LogP contribution is 2.52. The van der Waals surface area contributed by atoms with Gasteiger partial charge in [0.1, 0.15) is 11.6 Å². The molecule has 6 rings (SSSR count). The molecule has 2 aliphatic carbocycles. The molecule has 0 unspecified atom stereocenters. The van der Waals surface area contributed by atoms with Gasteiger partial charge in [-0.25, -0.2) is 8.78 Å². The van der Waals surface area contributed by atoms with E-state index in [0.717, 1.165) is 17.5 Å². The number of benzene rings is 4. The van der Waals surface area contributed by atoms with Crippen molar-refractivity contribution in [1.29, 1.82) is 0 Å². The first kappa shape index (κ1) is 19.9. The maximum atomic E-state index is 14.0. The van der Waals surface area contributed by atoms with Gasteiger partial charge in [-0.15, -0.1) is 0 Å². The molecular formula is C31H22F2. The molecule has 0 radical (unpaired) electrons. The Hall–Kier alpha value is -3.78. The van der Waals surface area contributed by atoms with Gasteiger partial charge in [0, 0.05) is 5.92 Å². The van der Waals surface area contributed by atoms with E-state index in [-0.39, 0.29) is 17.6 Å². The molecule has 0 nitrogen and oxygen atoms in total. The van der Waals surface area contributed by atoms with Crippen LogP contribution >= 0.6 is 0 Å². The zero-order valence-electron chi connectivity index (χ0n) is 18.0. The Kier molecular flexibility index (Phi) is 4.62. The van der Waals surface area contributed by atoms with Crippen LogP contribution in [-0.4, -0.2) is 0 Å². The van der Waals surface area contributed by atoms with Crippen LogP contribution in [0.2, 0.25) is 0 Å². The number of allylic oxidation sites excluding steroid dienone is 4. The second-order valence-corrected chi connectivity index (χ2v) is 8.78. The van der Waals surface area contributed by atoms with Crippen LogP contribution in [0.1, 0.15) is 27.8 Å². The molecule has 160 valence electrons. The summed E-state index contributed by atoms with van der Waals surface area (Å²) in [5.41, 5.74) is 7.61. The fourth-order valence-electron chi connectivity index (χ4n) is 5.71. The van der Waals surface area contributed by atoms with Gasteiger partial charge in [-0.3, -0.25) is 0 Å². The average Bonchev–Trinajstić information content (AvgIpc) is 3.51. The Bertz CT molecular complexity index is 1330. The lowest BCUT2D eigenvalue weighted by molar-refractivity contribution is 0.520. The van der Waals surface area contributed by atoms with Crippen LogP contribution in [0.25, 0.3) is 11.1 Å². The topological polar surface area (TPSA) is 0 Å². The smallest absolute Gasteiger partial charge is 0.123 e. The van der Waals surface area contributed by atoms with Crippen LogP contribution in [0, 0.1) is 17.6 Å². The third-order valence-electron chi connectivity index (χ3n) is 7.12. The van der Waals surface area contributed by atoms with Crippen molar-refractivity contribution in [2.75, 3.05) is 0 Å². The molecule has 0 fully saturated rings. The summed E-state index contributed by atoms with van der Waals surface area (Å²) in [5.74, 6) is -0.534. The van der Waals surface area contributed by atoms with E-state index < -0.39 is 5.41 Å². The molecule has 0 aromatic heterocycles. The van der Waals surface area contributed by atoms with Crippen molar-refractivity contribution in [3.63, 3.8) is 0 Å². The van der Waals surface area contributed by atoms with Gasteiger partial charge in [0.25, 0.3) is 0 Å². The maximum Gasteiger partial charge on any atom is 0.123 e. The van der Waals surface area contributed by atoms with E-state index in [9.17, 15) is 8.78 Å². The molecule has 0 saturated carbocycles. The molecule has 33 heavy (non-hydrogen) atoms. The van der Waals surface area contributed by atoms with Crippen molar-refractivity contribution in [3.05, 3.63) is 155 Å². The summed E-state index contributed by atoms with van der Waals surface area (Å²) < 4.78 is 28.1. The van der Waals surface area contributed by atoms with Crippen LogP contribution < -0.4 is 0 Å². The number of fused-ring (bicyclic) bond motifs is 3. The molecule has 0 amide bonds. The van der Waals surface area contributed by atoms with E-state index in [1.54, 1.807) is 0 Å². The highest BCUT2D eigenvalue weighted by Gasteiger charge is 2.44. The fourth-order valence-corrected chi connectivity index (χ4v) is 5.71. The van der Waals surface area contributed by atoms with Gasteiger partial charge in [0.2, 0.25) is 0 Å². The van der Waals surface area contributed by atoms with Crippen molar-refractivity contribution < 1.29 is 8.78 Å². The number of rotatable bonds is 4. The second-order valence-electron chi connectivity index (χ2n) is 8.78. The molecular weight excluding hydrogens is 410 g/mol. The molecule has 4 aromatic carbocycles. The standard InChI is InChI=1S/C31H22F2/c32-25-16-12-23(13-17-25)31(22-7-2-3-8-22,24-14-18-26(33)19-15-24)30-11-5-10-28-27-9-4-1-6-21(27)20-29(28)30/h1-19,22H,20H2. The lowest BCUT2D eigenvalue weighted by Gasteiger charge is -2.41. The third-order valence-corrected chi connectivity index (χ3v) is 7.12. The molecule has 2 aliphatic rings. The summed E-state index contributed by atoms with van der Waals surface area (Å²) in [6, 6.07) is 28.6. The minimum atomic E-state index is -0.627. The molecule has 0 spiro atoms. The van der Waals surface area contributed by atoms with Crippen molar-refractivity contribution in [2.45, 2.75) is 11.8 Å². The first-order chi connectivity index (χ1) is 16.2. The number of hydrogen-bond acceptors (Lipinski definition) is 0. The Morgan fingerprint density at radius 1 is 0.606 bits per heavy atom. The average molecular weight is 433 g/mol. The normalized spacial score (nSPS) is 14.5. The van der Waals surface area contributed by atoms with Gasteiger partial charge in [0.15, 0.2) is 0 Å². The van der Waals surface area contributed by atoms with E-state index in [4.69, 9.17) is 0 Å². The van der Waals surface area contributed by atoms with E-state index in [1.165, 1.54) is 52.1 Å². The van der Waals surface area contributed by atoms with Crippen LogP contribution in [-0.2, 0) is 11.8 Å². The summed E-state index contributed by atoms with van der Waals surface area (Å²) >= 11 is 0. The molecule has 0 saturated heterocycles. The van der Waals surface area contributed by atoms with Crippen molar-refractivity contribution >= 4 is 0 Å². The zero-order valence-corrected chi connectivity index (χ0v) is 18.0. The first-order valence-electron chi connectivity index (χ1n) is 11.3. The molecule has 0 aliphatic heterocycles. The van der Waals surface area contributed by atoms with Gasteiger partial charge in [-0.2, -0.15) is 0 Å². The van der Waals surface area contributed by atoms with E-state index in [0.29, 0.717) is 0 Å². The second kappa shape index (κ2) is 7.67. The van der Waals surface area contributed by atoms with E-state index >= 15 is 0 Å². The monoisotopic (exact) mass is 432 g/mol. The Morgan fingerprint density at radius 2 is 1.18 bits per heavy atom. The van der Waals surface area contributed by atoms with Crippen LogP contribution in [0.3, 0.4) is 0 Å². The molecule has 0 heterocycles. The highest BCUT2D eigenvalue weighted by atomic mass is 19.1. The van der Waals surface area contributed by atoms with Crippen molar-refractivity contribution in [1.82, 2.24) is 0 Å².